The number of benzene rings is 1. The summed E-state index contributed by atoms with van der Waals surface area (Å²) >= 11 is 0. The van der Waals surface area contributed by atoms with Crippen molar-refractivity contribution in [1.29, 1.82) is 0 Å². The van der Waals surface area contributed by atoms with Gasteiger partial charge in [0.05, 0.1) is 6.07 Å². The Morgan fingerprint density at radius 3 is 2.72 bits per heavy atom. The van der Waals surface area contributed by atoms with Gasteiger partial charge in [-0.2, -0.15) is 4.98 Å². The first-order chi connectivity index (χ1) is 8.63. The molecule has 18 heavy (non-hydrogen) atoms. The standard InChI is InChI=1S/C12H11N3O3/c1-8(16)13-12-14-10(17)7-11(15-12)18-9-5-3-2-4-6-9/h2-7H,1H3,(H2,13,14,15,16,17). The number of rotatable bonds is 3. The summed E-state index contributed by atoms with van der Waals surface area (Å²) < 4.78 is 5.40. The third-order valence-corrected chi connectivity index (χ3v) is 1.98. The first kappa shape index (κ1) is 11.8. The van der Waals surface area contributed by atoms with Crippen molar-refractivity contribution in [2.24, 2.45) is 0 Å². The minimum atomic E-state index is -0.403. The maximum atomic E-state index is 11.4. The van der Waals surface area contributed by atoms with Crippen LogP contribution in [0, 0.1) is 0 Å². The highest BCUT2D eigenvalue weighted by atomic mass is 16.5. The Balaban J connectivity index is 2.26. The molecule has 0 aliphatic carbocycles. The zero-order valence-electron chi connectivity index (χ0n) is 9.64. The molecule has 2 rings (SSSR count). The Bertz CT molecular complexity index is 607. The van der Waals surface area contributed by atoms with Gasteiger partial charge in [0.15, 0.2) is 0 Å². The summed E-state index contributed by atoms with van der Waals surface area (Å²) in [7, 11) is 0. The minimum Gasteiger partial charge on any atom is -0.439 e. The van der Waals surface area contributed by atoms with Crippen LogP contribution in [0.2, 0.25) is 0 Å². The van der Waals surface area contributed by atoms with E-state index in [0.29, 0.717) is 5.75 Å². The van der Waals surface area contributed by atoms with E-state index in [2.05, 4.69) is 15.3 Å². The van der Waals surface area contributed by atoms with Gasteiger partial charge in [0, 0.05) is 6.92 Å². The van der Waals surface area contributed by atoms with Crippen LogP contribution >= 0.6 is 0 Å². The molecule has 1 aromatic carbocycles. The van der Waals surface area contributed by atoms with E-state index in [1.807, 2.05) is 6.07 Å². The number of para-hydroxylation sites is 1. The van der Waals surface area contributed by atoms with E-state index in [9.17, 15) is 9.59 Å². The van der Waals surface area contributed by atoms with E-state index in [0.717, 1.165) is 0 Å². The van der Waals surface area contributed by atoms with Gasteiger partial charge in [-0.15, -0.1) is 0 Å². The van der Waals surface area contributed by atoms with E-state index >= 15 is 0 Å². The second-order valence-electron chi connectivity index (χ2n) is 3.53. The largest absolute Gasteiger partial charge is 0.439 e. The highest BCUT2D eigenvalue weighted by Crippen LogP contribution is 2.17. The Labute approximate surface area is 103 Å². The van der Waals surface area contributed by atoms with Gasteiger partial charge >= 0.3 is 0 Å². The molecule has 1 amide bonds. The van der Waals surface area contributed by atoms with Crippen molar-refractivity contribution in [3.8, 4) is 11.6 Å². The van der Waals surface area contributed by atoms with Crippen molar-refractivity contribution in [3.63, 3.8) is 0 Å². The number of nitrogens with one attached hydrogen (secondary N) is 2. The quantitative estimate of drug-likeness (QED) is 0.858. The number of carbonyl (C=O) groups is 1. The van der Waals surface area contributed by atoms with Gasteiger partial charge in [0.1, 0.15) is 5.75 Å². The molecule has 0 saturated heterocycles. The first-order valence-corrected chi connectivity index (χ1v) is 5.25. The molecule has 0 unspecified atom stereocenters. The molecule has 2 aromatic rings. The van der Waals surface area contributed by atoms with E-state index in [-0.39, 0.29) is 17.7 Å². The molecule has 6 heteroatoms. The predicted octanol–water partition coefficient (Wildman–Crippen LogP) is 1.52. The zero-order chi connectivity index (χ0) is 13.0. The third kappa shape index (κ3) is 3.18. The summed E-state index contributed by atoms with van der Waals surface area (Å²) in [5.41, 5.74) is -0.403. The number of amides is 1. The van der Waals surface area contributed by atoms with Gasteiger partial charge in [0.2, 0.25) is 17.7 Å². The molecule has 0 aliphatic rings. The fourth-order valence-corrected chi connectivity index (χ4v) is 1.32. The zero-order valence-corrected chi connectivity index (χ0v) is 9.64. The lowest BCUT2D eigenvalue weighted by Gasteiger charge is -2.06. The van der Waals surface area contributed by atoms with Crippen LogP contribution in [0.25, 0.3) is 0 Å². The minimum absolute atomic E-state index is 0.0564. The van der Waals surface area contributed by atoms with Gasteiger partial charge in [-0.05, 0) is 12.1 Å². The molecule has 0 spiro atoms. The topological polar surface area (TPSA) is 84.1 Å². The Morgan fingerprint density at radius 2 is 2.06 bits per heavy atom. The van der Waals surface area contributed by atoms with Crippen molar-refractivity contribution in [2.75, 3.05) is 5.32 Å². The van der Waals surface area contributed by atoms with Crippen LogP contribution in [0.15, 0.2) is 41.2 Å². The van der Waals surface area contributed by atoms with Crippen LogP contribution in [-0.4, -0.2) is 15.9 Å². The van der Waals surface area contributed by atoms with Crippen LogP contribution in [-0.2, 0) is 4.79 Å². The summed E-state index contributed by atoms with van der Waals surface area (Å²) in [4.78, 5) is 28.6. The van der Waals surface area contributed by atoms with E-state index in [4.69, 9.17) is 4.74 Å². The monoisotopic (exact) mass is 245 g/mol. The predicted molar refractivity (Wildman–Crippen MR) is 65.7 cm³/mol. The lowest BCUT2D eigenvalue weighted by atomic mass is 10.3. The number of hydrogen-bond acceptors (Lipinski definition) is 4. The average Bonchev–Trinajstić information content (AvgIpc) is 2.28. The summed E-state index contributed by atoms with van der Waals surface area (Å²) in [5.74, 6) is 0.411. The molecule has 6 nitrogen and oxygen atoms in total. The number of H-pyrrole nitrogens is 1. The van der Waals surface area contributed by atoms with Crippen LogP contribution < -0.4 is 15.6 Å². The maximum Gasteiger partial charge on any atom is 0.256 e. The fourth-order valence-electron chi connectivity index (χ4n) is 1.32. The number of ether oxygens (including phenoxy) is 1. The first-order valence-electron chi connectivity index (χ1n) is 5.25. The number of nitrogens with zero attached hydrogens (tertiary/aromatic N) is 1. The molecular formula is C12H11N3O3. The number of aromatic amines is 1. The van der Waals surface area contributed by atoms with Crippen molar-refractivity contribution in [2.45, 2.75) is 6.92 Å². The SMILES string of the molecule is CC(=O)Nc1nc(Oc2ccccc2)cc(=O)[nH]1. The normalized spacial score (nSPS) is 9.83. The fraction of sp³-hybridized carbons (Fsp3) is 0.0833. The number of anilines is 1. The van der Waals surface area contributed by atoms with Gasteiger partial charge < -0.3 is 4.74 Å². The van der Waals surface area contributed by atoms with Crippen molar-refractivity contribution >= 4 is 11.9 Å². The summed E-state index contributed by atoms with van der Waals surface area (Å²) in [5, 5.41) is 2.39. The molecule has 0 fully saturated rings. The Morgan fingerprint density at radius 1 is 1.33 bits per heavy atom. The molecule has 1 aromatic heterocycles. The molecular weight excluding hydrogens is 234 g/mol. The average molecular weight is 245 g/mol. The van der Waals surface area contributed by atoms with E-state index < -0.39 is 5.56 Å². The van der Waals surface area contributed by atoms with Gasteiger partial charge in [-0.1, -0.05) is 18.2 Å². The van der Waals surface area contributed by atoms with Crippen molar-refractivity contribution in [1.82, 2.24) is 9.97 Å². The number of hydrogen-bond donors (Lipinski definition) is 2. The molecule has 0 radical (unpaired) electrons. The van der Waals surface area contributed by atoms with Crippen molar-refractivity contribution in [3.05, 3.63) is 46.8 Å². The van der Waals surface area contributed by atoms with E-state index in [1.165, 1.54) is 13.0 Å². The second kappa shape index (κ2) is 5.13. The number of aromatic nitrogens is 2. The van der Waals surface area contributed by atoms with Gasteiger partial charge in [0.25, 0.3) is 5.56 Å². The molecule has 0 bridgehead atoms. The molecule has 92 valence electrons. The third-order valence-electron chi connectivity index (χ3n) is 1.98. The molecule has 0 atom stereocenters. The summed E-state index contributed by atoms with van der Waals surface area (Å²) in [6.07, 6.45) is 0. The van der Waals surface area contributed by atoms with Crippen LogP contribution in [0.1, 0.15) is 6.92 Å². The molecule has 2 N–H and O–H groups in total. The Hall–Kier alpha value is -2.63. The lowest BCUT2D eigenvalue weighted by Crippen LogP contribution is -2.15. The Kier molecular flexibility index (Phi) is 3.38. The van der Waals surface area contributed by atoms with Crippen LogP contribution in [0.4, 0.5) is 5.95 Å². The van der Waals surface area contributed by atoms with Crippen LogP contribution in [0.5, 0.6) is 11.6 Å². The summed E-state index contributed by atoms with van der Waals surface area (Å²) in [6.45, 7) is 1.32. The second-order valence-corrected chi connectivity index (χ2v) is 3.53. The molecule has 0 aliphatic heterocycles. The highest BCUT2D eigenvalue weighted by Gasteiger charge is 2.04. The maximum absolute atomic E-state index is 11.4. The lowest BCUT2D eigenvalue weighted by molar-refractivity contribution is -0.114. The summed E-state index contributed by atoms with van der Waals surface area (Å²) in [6, 6.07) is 10.1. The van der Waals surface area contributed by atoms with E-state index in [1.54, 1.807) is 24.3 Å². The molecule has 0 saturated carbocycles. The number of carbonyl (C=O) groups excluding carboxylic acids is 1. The van der Waals surface area contributed by atoms with Gasteiger partial charge in [-0.3, -0.25) is 19.9 Å². The molecule has 1 heterocycles. The van der Waals surface area contributed by atoms with Crippen LogP contribution in [0.3, 0.4) is 0 Å². The smallest absolute Gasteiger partial charge is 0.256 e. The van der Waals surface area contributed by atoms with Gasteiger partial charge in [-0.25, -0.2) is 0 Å². The van der Waals surface area contributed by atoms with Crippen molar-refractivity contribution < 1.29 is 9.53 Å². The highest BCUT2D eigenvalue weighted by molar-refractivity contribution is 5.86.